The fourth-order valence-corrected chi connectivity index (χ4v) is 3.05. The zero-order valence-corrected chi connectivity index (χ0v) is 12.6. The lowest BCUT2D eigenvalue weighted by atomic mass is 10.1. The predicted molar refractivity (Wildman–Crippen MR) is 80.5 cm³/mol. The molecule has 0 saturated heterocycles. The molecule has 1 amide bonds. The van der Waals surface area contributed by atoms with Crippen molar-refractivity contribution in [3.8, 4) is 6.07 Å². The molecule has 0 aliphatic carbocycles. The predicted octanol–water partition coefficient (Wildman–Crippen LogP) is 0.991. The minimum absolute atomic E-state index is 0.0510. The van der Waals surface area contributed by atoms with Crippen LogP contribution < -0.4 is 10.5 Å². The summed E-state index contributed by atoms with van der Waals surface area (Å²) in [6.07, 6.45) is 1.57. The van der Waals surface area contributed by atoms with E-state index in [0.29, 0.717) is 5.69 Å². The molecule has 0 spiro atoms. The number of amides is 1. The number of rotatable bonds is 5. The van der Waals surface area contributed by atoms with Gasteiger partial charge in [0.25, 0.3) is 15.9 Å². The molecule has 22 heavy (non-hydrogen) atoms. The average Bonchev–Trinajstić information content (AvgIpc) is 2.84. The molecule has 114 valence electrons. The van der Waals surface area contributed by atoms with E-state index >= 15 is 0 Å². The van der Waals surface area contributed by atoms with E-state index in [1.807, 2.05) is 6.07 Å². The van der Waals surface area contributed by atoms with E-state index in [4.69, 9.17) is 11.0 Å². The Kier molecular flexibility index (Phi) is 4.19. The van der Waals surface area contributed by atoms with Crippen LogP contribution in [0.5, 0.6) is 0 Å². The Morgan fingerprint density at radius 1 is 1.36 bits per heavy atom. The van der Waals surface area contributed by atoms with Gasteiger partial charge in [0.05, 0.1) is 12.5 Å². The molecular weight excluding hydrogens is 304 g/mol. The minimum Gasteiger partial charge on any atom is -0.364 e. The fourth-order valence-electron chi connectivity index (χ4n) is 1.92. The van der Waals surface area contributed by atoms with Crippen LogP contribution in [0.3, 0.4) is 0 Å². The van der Waals surface area contributed by atoms with Crippen molar-refractivity contribution < 1.29 is 13.2 Å². The average molecular weight is 318 g/mol. The van der Waals surface area contributed by atoms with E-state index in [2.05, 4.69) is 4.72 Å². The summed E-state index contributed by atoms with van der Waals surface area (Å²) in [6, 6.07) is 9.71. The monoisotopic (exact) mass is 318 g/mol. The van der Waals surface area contributed by atoms with Crippen molar-refractivity contribution in [3.63, 3.8) is 0 Å². The summed E-state index contributed by atoms with van der Waals surface area (Å²) in [5.41, 5.74) is 6.43. The van der Waals surface area contributed by atoms with Crippen molar-refractivity contribution in [1.82, 2.24) is 4.57 Å². The van der Waals surface area contributed by atoms with Crippen molar-refractivity contribution in [2.45, 2.75) is 11.3 Å². The second-order valence-corrected chi connectivity index (χ2v) is 6.36. The summed E-state index contributed by atoms with van der Waals surface area (Å²) in [5, 5.41) is 8.60. The Balaban J connectivity index is 2.26. The maximum atomic E-state index is 12.3. The van der Waals surface area contributed by atoms with Gasteiger partial charge >= 0.3 is 0 Å². The number of aryl methyl sites for hydroxylation is 1. The highest BCUT2D eigenvalue weighted by Crippen LogP contribution is 2.18. The molecule has 0 unspecified atom stereocenters. The van der Waals surface area contributed by atoms with Crippen molar-refractivity contribution in [1.29, 1.82) is 5.26 Å². The molecule has 8 heteroatoms. The number of sulfonamides is 1. The van der Waals surface area contributed by atoms with Crippen LogP contribution in [0.1, 0.15) is 16.1 Å². The smallest absolute Gasteiger partial charge is 0.265 e. The van der Waals surface area contributed by atoms with Crippen LogP contribution in [0.25, 0.3) is 0 Å². The molecule has 0 bridgehead atoms. The molecule has 0 fully saturated rings. The lowest BCUT2D eigenvalue weighted by molar-refractivity contribution is 0.0992. The highest BCUT2D eigenvalue weighted by molar-refractivity contribution is 7.92. The van der Waals surface area contributed by atoms with Crippen LogP contribution in [0.4, 0.5) is 5.69 Å². The first-order chi connectivity index (χ1) is 10.3. The number of carbonyl (C=O) groups is 1. The number of benzene rings is 1. The topological polar surface area (TPSA) is 118 Å². The molecule has 0 saturated carbocycles. The number of nitriles is 1. The number of aromatic nitrogens is 1. The molecule has 2 aromatic rings. The summed E-state index contributed by atoms with van der Waals surface area (Å²) in [5.74, 6) is -0.704. The van der Waals surface area contributed by atoms with Gasteiger partial charge in [0.2, 0.25) is 0 Å². The number of hydrogen-bond donors (Lipinski definition) is 2. The summed E-state index contributed by atoms with van der Waals surface area (Å²) >= 11 is 0. The molecule has 3 N–H and O–H groups in total. The number of nitrogens with one attached hydrogen (secondary N) is 1. The van der Waals surface area contributed by atoms with Gasteiger partial charge in [0.1, 0.15) is 10.6 Å². The summed E-state index contributed by atoms with van der Waals surface area (Å²) < 4.78 is 28.3. The van der Waals surface area contributed by atoms with Gasteiger partial charge in [-0.3, -0.25) is 9.52 Å². The number of hydrogen-bond acceptors (Lipinski definition) is 4. The third-order valence-electron chi connectivity index (χ3n) is 3.03. The third-order valence-corrected chi connectivity index (χ3v) is 4.38. The highest BCUT2D eigenvalue weighted by atomic mass is 32.2. The van der Waals surface area contributed by atoms with Gasteiger partial charge in [-0.25, -0.2) is 8.42 Å². The number of nitrogens with zero attached hydrogens (tertiary/aromatic N) is 2. The van der Waals surface area contributed by atoms with E-state index < -0.39 is 15.9 Å². The standard InChI is InChI=1S/C14H14N4O3S/c1-18-9-12(8-13(18)14(16)19)22(20,21)17-11-4-2-10(3-5-11)6-7-15/h2-5,8-9,17H,6H2,1H3,(H2,16,19). The van der Waals surface area contributed by atoms with E-state index in [1.165, 1.54) is 23.9 Å². The van der Waals surface area contributed by atoms with Crippen molar-refractivity contribution in [2.24, 2.45) is 12.8 Å². The molecule has 0 aliphatic rings. The minimum atomic E-state index is -3.82. The molecule has 0 atom stereocenters. The Bertz CT molecular complexity index is 845. The Morgan fingerprint density at radius 3 is 2.50 bits per heavy atom. The van der Waals surface area contributed by atoms with Crippen LogP contribution >= 0.6 is 0 Å². The van der Waals surface area contributed by atoms with Gasteiger partial charge < -0.3 is 10.3 Å². The molecule has 1 aromatic carbocycles. The van der Waals surface area contributed by atoms with Crippen molar-refractivity contribution in [3.05, 3.63) is 47.8 Å². The Morgan fingerprint density at radius 2 is 2.00 bits per heavy atom. The second kappa shape index (κ2) is 5.91. The van der Waals surface area contributed by atoms with Gasteiger partial charge in [-0.2, -0.15) is 5.26 Å². The van der Waals surface area contributed by atoms with Gasteiger partial charge in [-0.05, 0) is 23.8 Å². The first-order valence-corrected chi connectivity index (χ1v) is 7.76. The maximum absolute atomic E-state index is 12.3. The van der Waals surface area contributed by atoms with Crippen LogP contribution in [-0.2, 0) is 23.5 Å². The zero-order valence-electron chi connectivity index (χ0n) is 11.8. The molecule has 1 aromatic heterocycles. The first-order valence-electron chi connectivity index (χ1n) is 6.28. The normalized spacial score (nSPS) is 10.9. The molecule has 1 heterocycles. The van der Waals surface area contributed by atoms with Crippen molar-refractivity contribution in [2.75, 3.05) is 4.72 Å². The van der Waals surface area contributed by atoms with Crippen LogP contribution in [0, 0.1) is 11.3 Å². The fraction of sp³-hybridized carbons (Fsp3) is 0.143. The largest absolute Gasteiger partial charge is 0.364 e. The highest BCUT2D eigenvalue weighted by Gasteiger charge is 2.19. The van der Waals surface area contributed by atoms with Crippen LogP contribution in [-0.4, -0.2) is 18.9 Å². The summed E-state index contributed by atoms with van der Waals surface area (Å²) in [4.78, 5) is 11.1. The number of carbonyl (C=O) groups excluding carboxylic acids is 1. The quantitative estimate of drug-likeness (QED) is 0.854. The van der Waals surface area contributed by atoms with E-state index in [-0.39, 0.29) is 17.0 Å². The van der Waals surface area contributed by atoms with E-state index in [1.54, 1.807) is 24.3 Å². The Labute approximate surface area is 128 Å². The SMILES string of the molecule is Cn1cc(S(=O)(=O)Nc2ccc(CC#N)cc2)cc1C(N)=O. The van der Waals surface area contributed by atoms with Gasteiger partial charge in [0.15, 0.2) is 0 Å². The molecular formula is C14H14N4O3S. The van der Waals surface area contributed by atoms with Crippen molar-refractivity contribution >= 4 is 21.6 Å². The maximum Gasteiger partial charge on any atom is 0.265 e. The van der Waals surface area contributed by atoms with Gasteiger partial charge in [-0.15, -0.1) is 0 Å². The van der Waals surface area contributed by atoms with Gasteiger partial charge in [-0.1, -0.05) is 12.1 Å². The van der Waals surface area contributed by atoms with Gasteiger partial charge in [0, 0.05) is 18.9 Å². The lowest BCUT2D eigenvalue weighted by Gasteiger charge is -2.06. The second-order valence-electron chi connectivity index (χ2n) is 4.67. The molecule has 2 rings (SSSR count). The summed E-state index contributed by atoms with van der Waals surface area (Å²) in [6.45, 7) is 0. The zero-order chi connectivity index (χ0) is 16.3. The van der Waals surface area contributed by atoms with E-state index in [0.717, 1.165) is 5.56 Å². The van der Waals surface area contributed by atoms with E-state index in [9.17, 15) is 13.2 Å². The molecule has 0 aliphatic heterocycles. The third kappa shape index (κ3) is 3.27. The number of primary amides is 1. The Hall–Kier alpha value is -2.79. The number of anilines is 1. The molecule has 7 nitrogen and oxygen atoms in total. The van der Waals surface area contributed by atoms with Crippen LogP contribution in [0.2, 0.25) is 0 Å². The molecule has 0 radical (unpaired) electrons. The van der Waals surface area contributed by atoms with Crippen LogP contribution in [0.15, 0.2) is 41.4 Å². The number of nitrogens with two attached hydrogens (primary N) is 1. The first kappa shape index (κ1) is 15.6. The summed E-state index contributed by atoms with van der Waals surface area (Å²) in [7, 11) is -2.28. The lowest BCUT2D eigenvalue weighted by Crippen LogP contribution is -2.14.